The largest absolute Gasteiger partial charge is 0.436 e. The molecule has 1 aliphatic rings. The Morgan fingerprint density at radius 1 is 1.17 bits per heavy atom. The molecule has 0 aliphatic carbocycles. The minimum Gasteiger partial charge on any atom is -0.436 e. The molecule has 6 heteroatoms. The number of carbonyl (C=O) groups excluding carboxylic acids is 2. The van der Waals surface area contributed by atoms with Crippen LogP contribution in [0, 0.1) is 0 Å². The van der Waals surface area contributed by atoms with Crippen molar-refractivity contribution in [1.82, 2.24) is 4.90 Å². The number of rotatable bonds is 13. The van der Waals surface area contributed by atoms with E-state index in [0.717, 1.165) is 38.6 Å². The highest BCUT2D eigenvalue weighted by atomic mass is 16.6. The number of ether oxygens (including phenoxy) is 1. The second-order valence-electron chi connectivity index (χ2n) is 6.06. The van der Waals surface area contributed by atoms with E-state index in [1.54, 1.807) is 11.1 Å². The first-order chi connectivity index (χ1) is 11.1. The van der Waals surface area contributed by atoms with Crippen molar-refractivity contribution >= 4 is 18.2 Å². The van der Waals surface area contributed by atoms with Crippen LogP contribution in [-0.4, -0.2) is 47.6 Å². The van der Waals surface area contributed by atoms with Crippen molar-refractivity contribution in [3.63, 3.8) is 0 Å². The molecule has 1 rings (SSSR count). The van der Waals surface area contributed by atoms with Gasteiger partial charge in [0.25, 0.3) is 0 Å². The molecule has 0 saturated carbocycles. The highest BCUT2D eigenvalue weighted by Crippen LogP contribution is 2.12. The average Bonchev–Trinajstić information content (AvgIpc) is 2.89. The number of nitrogens with zero attached hydrogens (tertiary/aromatic N) is 2. The summed E-state index contributed by atoms with van der Waals surface area (Å²) in [5.74, 6) is -0.318. The van der Waals surface area contributed by atoms with E-state index < -0.39 is 6.29 Å². The lowest BCUT2D eigenvalue weighted by molar-refractivity contribution is -0.164. The Bertz CT molecular complexity index is 383. The van der Waals surface area contributed by atoms with Crippen LogP contribution in [0.3, 0.4) is 0 Å². The van der Waals surface area contributed by atoms with E-state index in [1.807, 2.05) is 0 Å². The molecule has 1 N–H and O–H groups in total. The van der Waals surface area contributed by atoms with Crippen LogP contribution in [0.4, 0.5) is 4.79 Å². The molecule has 6 nitrogen and oxygen atoms in total. The van der Waals surface area contributed by atoms with Crippen LogP contribution in [0.2, 0.25) is 0 Å². The molecule has 1 heterocycles. The van der Waals surface area contributed by atoms with E-state index in [2.05, 4.69) is 9.73 Å². The number of hydrogen-bond acceptors (Lipinski definition) is 4. The Morgan fingerprint density at radius 2 is 1.74 bits per heavy atom. The van der Waals surface area contributed by atoms with E-state index in [9.17, 15) is 9.59 Å². The smallest absolute Gasteiger partial charge is 0.343 e. The molecule has 0 bridgehead atoms. The molecule has 132 valence electrons. The van der Waals surface area contributed by atoms with Gasteiger partial charge in [-0.3, -0.25) is 4.79 Å². The number of urea groups is 1. The van der Waals surface area contributed by atoms with Crippen LogP contribution >= 0.6 is 0 Å². The third kappa shape index (κ3) is 10.0. The van der Waals surface area contributed by atoms with Gasteiger partial charge in [0.05, 0.1) is 6.54 Å². The van der Waals surface area contributed by atoms with Crippen molar-refractivity contribution in [2.75, 3.05) is 13.1 Å². The second-order valence-corrected chi connectivity index (χ2v) is 6.06. The predicted molar refractivity (Wildman–Crippen MR) is 89.4 cm³/mol. The Balaban J connectivity index is 1.78. The topological polar surface area (TPSA) is 79.2 Å². The summed E-state index contributed by atoms with van der Waals surface area (Å²) in [6.07, 6.45) is 11.2. The van der Waals surface area contributed by atoms with Crippen molar-refractivity contribution in [1.29, 1.82) is 0 Å². The standard InChI is InChI=1S/C17H30N2O4/c1-15(20)23-16(21)11-9-7-5-3-2-4-6-8-10-13-19-14-12-18-17(19)22/h12,15,20H,2-11,13-14H2,1H3. The molecule has 2 amide bonds. The van der Waals surface area contributed by atoms with Crippen molar-refractivity contribution < 1.29 is 19.4 Å². The Labute approximate surface area is 138 Å². The average molecular weight is 326 g/mol. The highest BCUT2D eigenvalue weighted by Gasteiger charge is 2.14. The zero-order chi connectivity index (χ0) is 16.9. The molecular weight excluding hydrogens is 296 g/mol. The summed E-state index contributed by atoms with van der Waals surface area (Å²) in [5.41, 5.74) is 0. The van der Waals surface area contributed by atoms with Gasteiger partial charge in [-0.05, 0) is 19.8 Å². The third-order valence-corrected chi connectivity index (χ3v) is 3.89. The molecule has 1 unspecified atom stereocenters. The Hall–Kier alpha value is -1.43. The summed E-state index contributed by atoms with van der Waals surface area (Å²) in [6.45, 7) is 2.93. The van der Waals surface area contributed by atoms with Gasteiger partial charge in [-0.2, -0.15) is 0 Å². The summed E-state index contributed by atoms with van der Waals surface area (Å²) >= 11 is 0. The first-order valence-corrected chi connectivity index (χ1v) is 8.78. The van der Waals surface area contributed by atoms with Gasteiger partial charge in [0.2, 0.25) is 0 Å². The SMILES string of the molecule is CC(O)OC(=O)CCCCCCCCCCCN1CC=NC1=O. The van der Waals surface area contributed by atoms with Crippen LogP contribution in [-0.2, 0) is 9.53 Å². The maximum atomic E-state index is 11.2. The summed E-state index contributed by atoms with van der Waals surface area (Å²) in [7, 11) is 0. The fourth-order valence-corrected chi connectivity index (χ4v) is 2.62. The van der Waals surface area contributed by atoms with Gasteiger partial charge in [0, 0.05) is 19.2 Å². The molecule has 0 aromatic rings. The summed E-state index contributed by atoms with van der Waals surface area (Å²) in [5, 5.41) is 8.89. The first-order valence-electron chi connectivity index (χ1n) is 8.78. The number of unbranched alkanes of at least 4 members (excludes halogenated alkanes) is 8. The molecule has 0 radical (unpaired) electrons. The lowest BCUT2D eigenvalue weighted by atomic mass is 10.1. The maximum Gasteiger partial charge on any atom is 0.343 e. The van der Waals surface area contributed by atoms with Gasteiger partial charge in [0.1, 0.15) is 0 Å². The summed E-state index contributed by atoms with van der Waals surface area (Å²) < 4.78 is 4.66. The quantitative estimate of drug-likeness (QED) is 0.320. The molecular formula is C17H30N2O4. The van der Waals surface area contributed by atoms with E-state index >= 15 is 0 Å². The number of aliphatic imine (C=N–C) groups is 1. The Kier molecular flexibility index (Phi) is 10.3. The van der Waals surface area contributed by atoms with Crippen LogP contribution in [0.1, 0.15) is 71.1 Å². The molecule has 1 aliphatic heterocycles. The molecule has 0 aromatic carbocycles. The second kappa shape index (κ2) is 12.0. The van der Waals surface area contributed by atoms with Crippen molar-refractivity contribution in [3.8, 4) is 0 Å². The zero-order valence-electron chi connectivity index (χ0n) is 14.2. The van der Waals surface area contributed by atoms with Gasteiger partial charge in [-0.1, -0.05) is 44.9 Å². The normalized spacial score (nSPS) is 15.2. The van der Waals surface area contributed by atoms with Crippen molar-refractivity contribution in [2.45, 2.75) is 77.4 Å². The van der Waals surface area contributed by atoms with Crippen molar-refractivity contribution in [2.24, 2.45) is 4.99 Å². The molecule has 0 aromatic heterocycles. The first kappa shape index (κ1) is 19.6. The Morgan fingerprint density at radius 3 is 2.26 bits per heavy atom. The monoisotopic (exact) mass is 326 g/mol. The number of esters is 1. The molecule has 1 atom stereocenters. The molecule has 0 spiro atoms. The van der Waals surface area contributed by atoms with Gasteiger partial charge in [-0.15, -0.1) is 0 Å². The van der Waals surface area contributed by atoms with Gasteiger partial charge in [-0.25, -0.2) is 9.79 Å². The number of amides is 2. The molecule has 0 saturated heterocycles. The van der Waals surface area contributed by atoms with E-state index in [0.29, 0.717) is 13.0 Å². The van der Waals surface area contributed by atoms with Gasteiger partial charge < -0.3 is 14.7 Å². The van der Waals surface area contributed by atoms with E-state index in [1.165, 1.54) is 32.6 Å². The third-order valence-electron chi connectivity index (χ3n) is 3.89. The number of aliphatic hydroxyl groups excluding tert-OH is 1. The van der Waals surface area contributed by atoms with Crippen LogP contribution in [0.5, 0.6) is 0 Å². The van der Waals surface area contributed by atoms with Crippen LogP contribution in [0.15, 0.2) is 4.99 Å². The molecule has 0 fully saturated rings. The fraction of sp³-hybridized carbons (Fsp3) is 0.824. The van der Waals surface area contributed by atoms with E-state index in [-0.39, 0.29) is 12.0 Å². The van der Waals surface area contributed by atoms with Crippen LogP contribution in [0.25, 0.3) is 0 Å². The number of aliphatic hydroxyl groups is 1. The van der Waals surface area contributed by atoms with Gasteiger partial charge >= 0.3 is 12.0 Å². The van der Waals surface area contributed by atoms with Crippen molar-refractivity contribution in [3.05, 3.63) is 0 Å². The fourth-order valence-electron chi connectivity index (χ4n) is 2.62. The number of hydrogen-bond donors (Lipinski definition) is 1. The summed E-state index contributed by atoms with van der Waals surface area (Å²) in [6, 6.07) is -0.0951. The molecule has 23 heavy (non-hydrogen) atoms. The zero-order valence-corrected chi connectivity index (χ0v) is 14.2. The number of carbonyl (C=O) groups is 2. The van der Waals surface area contributed by atoms with Gasteiger partial charge in [0.15, 0.2) is 6.29 Å². The lowest BCUT2D eigenvalue weighted by Crippen LogP contribution is -2.25. The lowest BCUT2D eigenvalue weighted by Gasteiger charge is -2.13. The predicted octanol–water partition coefficient (Wildman–Crippen LogP) is 3.28. The minimum atomic E-state index is -1.00. The minimum absolute atomic E-state index is 0.0951. The summed E-state index contributed by atoms with van der Waals surface area (Å²) in [4.78, 5) is 27.9. The highest BCUT2D eigenvalue weighted by molar-refractivity contribution is 5.90. The van der Waals surface area contributed by atoms with E-state index in [4.69, 9.17) is 5.11 Å². The van der Waals surface area contributed by atoms with Crippen LogP contribution < -0.4 is 0 Å². The maximum absolute atomic E-state index is 11.2.